The molecule has 4 aliphatic carbocycles. The second-order valence-corrected chi connectivity index (χ2v) is 10.4. The molecular formula is C22H36O4. The molecule has 4 heteroatoms. The zero-order chi connectivity index (χ0) is 18.7. The highest BCUT2D eigenvalue weighted by Crippen LogP contribution is 2.67. The van der Waals surface area contributed by atoms with E-state index in [4.69, 9.17) is 5.11 Å². The molecule has 148 valence electrons. The number of carbonyl (C=O) groups is 1. The van der Waals surface area contributed by atoms with Gasteiger partial charge in [-0.05, 0) is 98.2 Å². The predicted molar refractivity (Wildman–Crippen MR) is 99.5 cm³/mol. The van der Waals surface area contributed by atoms with E-state index in [-0.39, 0.29) is 29.5 Å². The number of rotatable bonds is 3. The van der Waals surface area contributed by atoms with Crippen molar-refractivity contribution in [3.63, 3.8) is 0 Å². The van der Waals surface area contributed by atoms with Crippen molar-refractivity contribution in [2.75, 3.05) is 0 Å². The fourth-order valence-electron chi connectivity index (χ4n) is 8.09. The molecule has 0 heterocycles. The Bertz CT molecular complexity index is 562. The lowest BCUT2D eigenvalue weighted by Gasteiger charge is -2.62. The Morgan fingerprint density at radius 2 is 1.77 bits per heavy atom. The van der Waals surface area contributed by atoms with E-state index in [1.54, 1.807) is 0 Å². The minimum atomic E-state index is -0.714. The first kappa shape index (κ1) is 18.7. The number of aliphatic carboxylic acids is 1. The topological polar surface area (TPSA) is 77.8 Å². The van der Waals surface area contributed by atoms with Crippen molar-refractivity contribution in [2.45, 2.75) is 90.3 Å². The average Bonchev–Trinajstić information content (AvgIpc) is 2.93. The van der Waals surface area contributed by atoms with Gasteiger partial charge < -0.3 is 15.3 Å². The highest BCUT2D eigenvalue weighted by Gasteiger charge is 2.63. The van der Waals surface area contributed by atoms with Crippen LogP contribution in [0.15, 0.2) is 0 Å². The number of aliphatic hydroxyl groups is 2. The molecule has 0 amide bonds. The number of hydrogen-bond acceptors (Lipinski definition) is 3. The molecule has 0 aliphatic heterocycles. The number of carboxylic acid groups (broad SMARTS) is 1. The van der Waals surface area contributed by atoms with Crippen molar-refractivity contribution in [2.24, 2.45) is 40.4 Å². The quantitative estimate of drug-likeness (QED) is 0.711. The van der Waals surface area contributed by atoms with Gasteiger partial charge in [0, 0.05) is 6.42 Å². The van der Waals surface area contributed by atoms with Crippen LogP contribution in [0.25, 0.3) is 0 Å². The molecule has 9 atom stereocenters. The Balaban J connectivity index is 1.58. The van der Waals surface area contributed by atoms with E-state index in [2.05, 4.69) is 13.8 Å². The van der Waals surface area contributed by atoms with Gasteiger partial charge in [-0.2, -0.15) is 0 Å². The molecule has 4 nitrogen and oxygen atoms in total. The van der Waals surface area contributed by atoms with Crippen molar-refractivity contribution in [1.82, 2.24) is 0 Å². The van der Waals surface area contributed by atoms with Gasteiger partial charge in [0.15, 0.2) is 0 Å². The summed E-state index contributed by atoms with van der Waals surface area (Å²) >= 11 is 0. The van der Waals surface area contributed by atoms with E-state index in [9.17, 15) is 15.0 Å². The van der Waals surface area contributed by atoms with Crippen molar-refractivity contribution < 1.29 is 20.1 Å². The summed E-state index contributed by atoms with van der Waals surface area (Å²) in [5.74, 6) is 2.02. The van der Waals surface area contributed by atoms with Gasteiger partial charge in [-0.1, -0.05) is 13.8 Å². The monoisotopic (exact) mass is 364 g/mol. The van der Waals surface area contributed by atoms with Crippen LogP contribution >= 0.6 is 0 Å². The largest absolute Gasteiger partial charge is 0.481 e. The maximum atomic E-state index is 11.3. The Labute approximate surface area is 157 Å². The van der Waals surface area contributed by atoms with Gasteiger partial charge in [-0.25, -0.2) is 0 Å². The Hall–Kier alpha value is -0.610. The number of aliphatic hydroxyl groups excluding tert-OH is 2. The zero-order valence-electron chi connectivity index (χ0n) is 16.4. The molecule has 4 fully saturated rings. The standard InChI is InChI=1S/C22H36O4/c1-21-10-9-15(23)11-14(21)3-6-16-17-7-4-13(5-8-20(25)26)22(17,2)19(24)12-18(16)21/h13-19,23-24H,3-12H2,1-2H3,(H,25,26)/t13?,14-,15-,16+,17+,18+,19+,21+,22-/m1/s1. The van der Waals surface area contributed by atoms with Crippen molar-refractivity contribution in [3.05, 3.63) is 0 Å². The summed E-state index contributed by atoms with van der Waals surface area (Å²) < 4.78 is 0. The van der Waals surface area contributed by atoms with E-state index in [1.807, 2.05) is 0 Å². The molecule has 4 rings (SSSR count). The molecule has 0 aromatic heterocycles. The van der Waals surface area contributed by atoms with Crippen LogP contribution in [0.3, 0.4) is 0 Å². The third-order valence-corrected chi connectivity index (χ3v) is 9.64. The van der Waals surface area contributed by atoms with Crippen LogP contribution in [0.4, 0.5) is 0 Å². The van der Waals surface area contributed by atoms with Crippen LogP contribution in [0.5, 0.6) is 0 Å². The van der Waals surface area contributed by atoms with E-state index in [1.165, 1.54) is 12.8 Å². The summed E-state index contributed by atoms with van der Waals surface area (Å²) in [6.45, 7) is 4.70. The summed E-state index contributed by atoms with van der Waals surface area (Å²) in [7, 11) is 0. The Morgan fingerprint density at radius 3 is 2.50 bits per heavy atom. The minimum absolute atomic E-state index is 0.103. The Kier molecular flexibility index (Phi) is 4.67. The third-order valence-electron chi connectivity index (χ3n) is 9.64. The SMILES string of the molecule is C[C@]12CC[C@@H](O)C[C@H]1CC[C@@H]1[C@@H]2C[C@H](O)[C@]2(C)C(CCC(=O)O)CC[C@@H]12. The summed E-state index contributed by atoms with van der Waals surface area (Å²) in [5.41, 5.74) is 0.164. The van der Waals surface area contributed by atoms with Crippen molar-refractivity contribution in [1.29, 1.82) is 0 Å². The maximum Gasteiger partial charge on any atom is 0.303 e. The summed E-state index contributed by atoms with van der Waals surface area (Å²) in [6.07, 6.45) is 9.02. The van der Waals surface area contributed by atoms with Crippen LogP contribution in [-0.4, -0.2) is 33.5 Å². The summed E-state index contributed by atoms with van der Waals surface area (Å²) in [4.78, 5) is 11.1. The molecule has 3 N–H and O–H groups in total. The van der Waals surface area contributed by atoms with E-state index in [0.717, 1.165) is 38.5 Å². The first-order valence-electron chi connectivity index (χ1n) is 10.8. The number of carboxylic acids is 1. The molecule has 26 heavy (non-hydrogen) atoms. The van der Waals surface area contributed by atoms with Gasteiger partial charge in [-0.3, -0.25) is 4.79 Å². The summed E-state index contributed by atoms with van der Waals surface area (Å²) in [5, 5.41) is 30.5. The average molecular weight is 365 g/mol. The molecule has 4 saturated carbocycles. The zero-order valence-corrected chi connectivity index (χ0v) is 16.4. The lowest BCUT2D eigenvalue weighted by atomic mass is 9.44. The van der Waals surface area contributed by atoms with Gasteiger partial charge in [0.2, 0.25) is 0 Å². The van der Waals surface area contributed by atoms with Crippen LogP contribution in [0, 0.1) is 40.4 Å². The second-order valence-electron chi connectivity index (χ2n) is 10.4. The molecule has 1 unspecified atom stereocenters. The van der Waals surface area contributed by atoms with Gasteiger partial charge in [0.05, 0.1) is 12.2 Å². The van der Waals surface area contributed by atoms with Gasteiger partial charge in [0.1, 0.15) is 0 Å². The van der Waals surface area contributed by atoms with Gasteiger partial charge in [0.25, 0.3) is 0 Å². The van der Waals surface area contributed by atoms with Crippen LogP contribution in [0.1, 0.15) is 78.1 Å². The van der Waals surface area contributed by atoms with Crippen molar-refractivity contribution >= 4 is 5.97 Å². The Morgan fingerprint density at radius 1 is 1.00 bits per heavy atom. The van der Waals surface area contributed by atoms with Crippen molar-refractivity contribution in [3.8, 4) is 0 Å². The first-order chi connectivity index (χ1) is 12.3. The molecule has 4 aliphatic rings. The fraction of sp³-hybridized carbons (Fsp3) is 0.955. The smallest absolute Gasteiger partial charge is 0.303 e. The predicted octanol–water partition coefficient (Wildman–Crippen LogP) is 3.84. The molecular weight excluding hydrogens is 328 g/mol. The molecule has 0 saturated heterocycles. The van der Waals surface area contributed by atoms with Gasteiger partial charge >= 0.3 is 5.97 Å². The highest BCUT2D eigenvalue weighted by atomic mass is 16.4. The van der Waals surface area contributed by atoms with Crippen LogP contribution < -0.4 is 0 Å². The first-order valence-corrected chi connectivity index (χ1v) is 10.8. The lowest BCUT2D eigenvalue weighted by molar-refractivity contribution is -0.172. The third kappa shape index (κ3) is 2.66. The molecule has 0 aromatic carbocycles. The fourth-order valence-corrected chi connectivity index (χ4v) is 8.09. The normalized spacial score (nSPS) is 53.5. The highest BCUT2D eigenvalue weighted by molar-refractivity contribution is 5.66. The molecule has 0 bridgehead atoms. The molecule has 0 aromatic rings. The van der Waals surface area contributed by atoms with Crippen LogP contribution in [-0.2, 0) is 4.79 Å². The van der Waals surface area contributed by atoms with E-state index in [0.29, 0.717) is 36.0 Å². The van der Waals surface area contributed by atoms with E-state index < -0.39 is 5.97 Å². The maximum absolute atomic E-state index is 11.3. The van der Waals surface area contributed by atoms with Gasteiger partial charge in [-0.15, -0.1) is 0 Å². The number of fused-ring (bicyclic) bond motifs is 5. The van der Waals surface area contributed by atoms with E-state index >= 15 is 0 Å². The number of hydrogen-bond donors (Lipinski definition) is 3. The lowest BCUT2D eigenvalue weighted by Crippen LogP contribution is -2.58. The minimum Gasteiger partial charge on any atom is -0.481 e. The molecule has 0 spiro atoms. The second kappa shape index (κ2) is 6.48. The summed E-state index contributed by atoms with van der Waals surface area (Å²) in [6, 6.07) is 0. The van der Waals surface area contributed by atoms with Crippen LogP contribution in [0.2, 0.25) is 0 Å². The molecule has 0 radical (unpaired) electrons.